The molecule has 1 aromatic carbocycles. The van der Waals surface area contributed by atoms with Crippen LogP contribution >= 0.6 is 27.7 Å². The highest BCUT2D eigenvalue weighted by Crippen LogP contribution is 2.25. The van der Waals surface area contributed by atoms with E-state index in [-0.39, 0.29) is 6.10 Å². The number of hydrogen-bond acceptors (Lipinski definition) is 3. The average molecular weight is 369 g/mol. The molecule has 0 aliphatic rings. The van der Waals surface area contributed by atoms with Gasteiger partial charge in [-0.05, 0) is 41.4 Å². The minimum Gasteiger partial charge on any atom is -0.392 e. The van der Waals surface area contributed by atoms with Crippen molar-refractivity contribution in [1.29, 1.82) is 0 Å². The van der Waals surface area contributed by atoms with Gasteiger partial charge in [0.15, 0.2) is 0 Å². The molecule has 2 aromatic rings. The van der Waals surface area contributed by atoms with Crippen LogP contribution < -0.4 is 0 Å². The van der Waals surface area contributed by atoms with Crippen LogP contribution in [0.5, 0.6) is 0 Å². The lowest BCUT2D eigenvalue weighted by atomic mass is 10.2. The van der Waals surface area contributed by atoms with Crippen LogP contribution in [-0.2, 0) is 19.4 Å². The van der Waals surface area contributed by atoms with Crippen molar-refractivity contribution in [3.8, 4) is 0 Å². The summed E-state index contributed by atoms with van der Waals surface area (Å²) in [6.07, 6.45) is 1.15. The van der Waals surface area contributed by atoms with Crippen LogP contribution in [0.2, 0.25) is 0 Å². The molecule has 0 fully saturated rings. The predicted molar refractivity (Wildman–Crippen MR) is 91.9 cm³/mol. The normalized spacial score (nSPS) is 12.6. The summed E-state index contributed by atoms with van der Waals surface area (Å²) in [5, 5.41) is 14.9. The molecule has 0 aliphatic carbocycles. The summed E-state index contributed by atoms with van der Waals surface area (Å²) >= 11 is 5.31. The molecule has 0 spiro atoms. The Balaban J connectivity index is 1.99. The number of aryl methyl sites for hydroxylation is 2. The molecule has 5 heteroatoms. The van der Waals surface area contributed by atoms with Crippen molar-refractivity contribution in [2.45, 2.75) is 44.2 Å². The fourth-order valence-corrected chi connectivity index (χ4v) is 3.78. The predicted octanol–water partition coefficient (Wildman–Crippen LogP) is 3.92. The summed E-state index contributed by atoms with van der Waals surface area (Å²) in [5.74, 6) is 0.687. The number of aliphatic hydroxyl groups is 1. The van der Waals surface area contributed by atoms with Crippen molar-refractivity contribution >= 4 is 27.7 Å². The van der Waals surface area contributed by atoms with E-state index in [1.54, 1.807) is 11.8 Å². The highest BCUT2D eigenvalue weighted by atomic mass is 79.9. The van der Waals surface area contributed by atoms with Gasteiger partial charge in [-0.1, -0.05) is 25.1 Å². The molecule has 2 rings (SSSR count). The highest BCUT2D eigenvalue weighted by Gasteiger charge is 2.17. The van der Waals surface area contributed by atoms with Gasteiger partial charge in [0.05, 0.1) is 22.0 Å². The maximum Gasteiger partial charge on any atom is 0.0766 e. The zero-order chi connectivity index (χ0) is 15.2. The fourth-order valence-electron chi connectivity index (χ4n) is 2.20. The topological polar surface area (TPSA) is 38.0 Å². The second kappa shape index (κ2) is 8.01. The number of benzene rings is 1. The largest absolute Gasteiger partial charge is 0.392 e. The van der Waals surface area contributed by atoms with Crippen molar-refractivity contribution in [1.82, 2.24) is 9.78 Å². The van der Waals surface area contributed by atoms with E-state index in [4.69, 9.17) is 0 Å². The first-order valence-corrected chi connectivity index (χ1v) is 9.03. The Kier molecular flexibility index (Phi) is 6.33. The van der Waals surface area contributed by atoms with Gasteiger partial charge in [-0.15, -0.1) is 11.8 Å². The Labute approximate surface area is 138 Å². The van der Waals surface area contributed by atoms with E-state index < -0.39 is 0 Å². The van der Waals surface area contributed by atoms with E-state index in [1.165, 1.54) is 4.90 Å². The van der Waals surface area contributed by atoms with Crippen molar-refractivity contribution < 1.29 is 5.11 Å². The summed E-state index contributed by atoms with van der Waals surface area (Å²) in [6.45, 7) is 5.00. The lowest BCUT2D eigenvalue weighted by Crippen LogP contribution is -2.17. The zero-order valence-corrected chi connectivity index (χ0v) is 14.8. The van der Waals surface area contributed by atoms with Gasteiger partial charge in [0.2, 0.25) is 0 Å². The van der Waals surface area contributed by atoms with Gasteiger partial charge in [0, 0.05) is 23.6 Å². The van der Waals surface area contributed by atoms with Crippen molar-refractivity contribution in [3.63, 3.8) is 0 Å². The molecule has 1 unspecified atom stereocenters. The van der Waals surface area contributed by atoms with Gasteiger partial charge in [0.1, 0.15) is 0 Å². The molecule has 0 amide bonds. The molecular formula is C16H21BrN2OS. The number of aliphatic hydroxyl groups excluding tert-OH is 1. The molecule has 0 saturated carbocycles. The SMILES string of the molecule is CCc1nn(CC)c(CC(O)CSc2ccccc2)c1Br. The maximum atomic E-state index is 10.3. The van der Waals surface area contributed by atoms with Crippen molar-refractivity contribution in [2.24, 2.45) is 0 Å². The van der Waals surface area contributed by atoms with Crippen LogP contribution in [0.25, 0.3) is 0 Å². The molecule has 114 valence electrons. The summed E-state index contributed by atoms with van der Waals surface area (Å²) in [5.41, 5.74) is 2.16. The van der Waals surface area contributed by atoms with Gasteiger partial charge >= 0.3 is 0 Å². The van der Waals surface area contributed by atoms with Crippen LogP contribution in [-0.4, -0.2) is 26.7 Å². The Morgan fingerprint density at radius 1 is 1.29 bits per heavy atom. The minimum absolute atomic E-state index is 0.377. The van der Waals surface area contributed by atoms with E-state index in [0.29, 0.717) is 12.2 Å². The number of halogens is 1. The Bertz CT molecular complexity index is 571. The molecule has 1 heterocycles. The van der Waals surface area contributed by atoms with Crippen LogP contribution in [0.4, 0.5) is 0 Å². The number of rotatable bonds is 7. The molecular weight excluding hydrogens is 348 g/mol. The van der Waals surface area contributed by atoms with Crippen molar-refractivity contribution in [2.75, 3.05) is 5.75 Å². The molecule has 1 N–H and O–H groups in total. The fraction of sp³-hybridized carbons (Fsp3) is 0.438. The molecule has 0 aliphatic heterocycles. The lowest BCUT2D eigenvalue weighted by molar-refractivity contribution is 0.196. The second-order valence-electron chi connectivity index (χ2n) is 4.86. The Morgan fingerprint density at radius 2 is 2.00 bits per heavy atom. The molecule has 0 bridgehead atoms. The summed E-state index contributed by atoms with van der Waals surface area (Å²) in [4.78, 5) is 1.19. The quantitative estimate of drug-likeness (QED) is 0.752. The Hall–Kier alpha value is -0.780. The second-order valence-corrected chi connectivity index (χ2v) is 6.75. The molecule has 0 saturated heterocycles. The standard InChI is InChI=1S/C16H21BrN2OS/c1-3-14-16(17)15(19(4-2)18-14)10-12(20)11-21-13-8-6-5-7-9-13/h5-9,12,20H,3-4,10-11H2,1-2H3. The smallest absolute Gasteiger partial charge is 0.0766 e. The van der Waals surface area contributed by atoms with E-state index in [2.05, 4.69) is 47.0 Å². The minimum atomic E-state index is -0.377. The number of aromatic nitrogens is 2. The Morgan fingerprint density at radius 3 is 2.62 bits per heavy atom. The average Bonchev–Trinajstić information content (AvgIpc) is 2.82. The highest BCUT2D eigenvalue weighted by molar-refractivity contribution is 9.10. The summed E-state index contributed by atoms with van der Waals surface area (Å²) < 4.78 is 3.04. The van der Waals surface area contributed by atoms with Gasteiger partial charge in [-0.3, -0.25) is 4.68 Å². The molecule has 3 nitrogen and oxygen atoms in total. The van der Waals surface area contributed by atoms with E-state index in [0.717, 1.165) is 28.8 Å². The number of thioether (sulfide) groups is 1. The third kappa shape index (κ3) is 4.34. The number of nitrogens with zero attached hydrogens (tertiary/aromatic N) is 2. The first kappa shape index (κ1) is 16.6. The van der Waals surface area contributed by atoms with Crippen LogP contribution in [0.1, 0.15) is 25.2 Å². The zero-order valence-electron chi connectivity index (χ0n) is 12.4. The molecule has 21 heavy (non-hydrogen) atoms. The first-order valence-electron chi connectivity index (χ1n) is 7.25. The first-order chi connectivity index (χ1) is 10.2. The van der Waals surface area contributed by atoms with E-state index in [1.807, 2.05) is 22.9 Å². The van der Waals surface area contributed by atoms with Gasteiger partial charge in [-0.25, -0.2) is 0 Å². The monoisotopic (exact) mass is 368 g/mol. The molecule has 0 radical (unpaired) electrons. The summed E-state index contributed by atoms with van der Waals surface area (Å²) in [6, 6.07) is 10.2. The lowest BCUT2D eigenvalue weighted by Gasteiger charge is -2.12. The summed E-state index contributed by atoms with van der Waals surface area (Å²) in [7, 11) is 0. The van der Waals surface area contributed by atoms with Crippen LogP contribution in [0.3, 0.4) is 0 Å². The maximum absolute atomic E-state index is 10.3. The van der Waals surface area contributed by atoms with Gasteiger partial charge in [-0.2, -0.15) is 5.10 Å². The number of hydrogen-bond donors (Lipinski definition) is 1. The third-order valence-electron chi connectivity index (χ3n) is 3.31. The van der Waals surface area contributed by atoms with Gasteiger partial charge < -0.3 is 5.11 Å². The molecule has 1 atom stereocenters. The molecule has 1 aromatic heterocycles. The third-order valence-corrected chi connectivity index (χ3v) is 5.38. The van der Waals surface area contributed by atoms with Crippen LogP contribution in [0.15, 0.2) is 39.7 Å². The van der Waals surface area contributed by atoms with E-state index in [9.17, 15) is 5.11 Å². The van der Waals surface area contributed by atoms with E-state index >= 15 is 0 Å². The van der Waals surface area contributed by atoms with Crippen LogP contribution in [0, 0.1) is 0 Å². The van der Waals surface area contributed by atoms with Crippen molar-refractivity contribution in [3.05, 3.63) is 46.2 Å². The van der Waals surface area contributed by atoms with Gasteiger partial charge in [0.25, 0.3) is 0 Å².